The van der Waals surface area contributed by atoms with Gasteiger partial charge in [-0.05, 0) is 42.8 Å². The van der Waals surface area contributed by atoms with Crippen molar-refractivity contribution in [3.05, 3.63) is 58.1 Å². The summed E-state index contributed by atoms with van der Waals surface area (Å²) in [5.74, 6) is -0.0584. The lowest BCUT2D eigenvalue weighted by Gasteiger charge is -2.36. The highest BCUT2D eigenvalue weighted by molar-refractivity contribution is 6.30. The molecule has 2 aliphatic heterocycles. The molecule has 2 aromatic carbocycles. The number of nitrogens with zero attached hydrogens (tertiary/aromatic N) is 3. The van der Waals surface area contributed by atoms with Gasteiger partial charge in [-0.2, -0.15) is 0 Å². The smallest absolute Gasteiger partial charge is 0.263 e. The summed E-state index contributed by atoms with van der Waals surface area (Å²) in [7, 11) is 1.53. The molecule has 0 N–H and O–H groups in total. The molecule has 9 heteroatoms. The summed E-state index contributed by atoms with van der Waals surface area (Å²) >= 11 is 5.96. The SMILES string of the molecule is COCCN1C(=O)c2cccc(N3CCN(C(=O)COc4ccc(Cl)cc4C)CC3)c2C1=O. The van der Waals surface area contributed by atoms with Crippen molar-refractivity contribution >= 4 is 35.0 Å². The molecule has 33 heavy (non-hydrogen) atoms. The van der Waals surface area contributed by atoms with Gasteiger partial charge in [0, 0.05) is 38.3 Å². The normalized spacial score (nSPS) is 15.8. The molecule has 8 nitrogen and oxygen atoms in total. The van der Waals surface area contributed by atoms with E-state index in [9.17, 15) is 14.4 Å². The fourth-order valence-corrected chi connectivity index (χ4v) is 4.39. The van der Waals surface area contributed by atoms with Gasteiger partial charge in [0.05, 0.1) is 30.0 Å². The predicted octanol–water partition coefficient (Wildman–Crippen LogP) is 2.62. The highest BCUT2D eigenvalue weighted by Crippen LogP contribution is 2.32. The highest BCUT2D eigenvalue weighted by Gasteiger charge is 2.38. The van der Waals surface area contributed by atoms with Gasteiger partial charge in [-0.15, -0.1) is 0 Å². The average Bonchev–Trinajstić information content (AvgIpc) is 3.06. The molecule has 4 rings (SSSR count). The van der Waals surface area contributed by atoms with E-state index in [0.29, 0.717) is 54.7 Å². The number of benzene rings is 2. The van der Waals surface area contributed by atoms with Gasteiger partial charge in [-0.1, -0.05) is 17.7 Å². The van der Waals surface area contributed by atoms with Gasteiger partial charge in [0.1, 0.15) is 5.75 Å². The fourth-order valence-electron chi connectivity index (χ4n) is 4.17. The van der Waals surface area contributed by atoms with E-state index in [4.69, 9.17) is 21.1 Å². The summed E-state index contributed by atoms with van der Waals surface area (Å²) in [6, 6.07) is 10.6. The van der Waals surface area contributed by atoms with Crippen LogP contribution < -0.4 is 9.64 Å². The topological polar surface area (TPSA) is 79.4 Å². The molecule has 0 spiro atoms. The number of carbonyl (C=O) groups excluding carboxylic acids is 3. The van der Waals surface area contributed by atoms with Gasteiger partial charge in [-0.25, -0.2) is 0 Å². The molecular weight excluding hydrogens is 446 g/mol. The Morgan fingerprint density at radius 2 is 1.82 bits per heavy atom. The second-order valence-electron chi connectivity index (χ2n) is 8.02. The Morgan fingerprint density at radius 1 is 1.06 bits per heavy atom. The summed E-state index contributed by atoms with van der Waals surface area (Å²) < 4.78 is 10.7. The molecule has 0 aliphatic carbocycles. The Kier molecular flexibility index (Phi) is 6.85. The first kappa shape index (κ1) is 23.1. The summed E-state index contributed by atoms with van der Waals surface area (Å²) in [6.07, 6.45) is 0. The summed E-state index contributed by atoms with van der Waals surface area (Å²) in [5.41, 5.74) is 2.45. The number of carbonyl (C=O) groups is 3. The molecule has 1 saturated heterocycles. The van der Waals surface area contributed by atoms with E-state index < -0.39 is 0 Å². The Morgan fingerprint density at radius 3 is 2.52 bits per heavy atom. The van der Waals surface area contributed by atoms with E-state index in [2.05, 4.69) is 4.90 Å². The van der Waals surface area contributed by atoms with Crippen molar-refractivity contribution in [2.24, 2.45) is 0 Å². The minimum atomic E-state index is -0.298. The number of anilines is 1. The van der Waals surface area contributed by atoms with Crippen LogP contribution in [0.5, 0.6) is 5.75 Å². The molecule has 2 heterocycles. The van der Waals surface area contributed by atoms with Crippen molar-refractivity contribution in [1.29, 1.82) is 0 Å². The molecule has 0 unspecified atom stereocenters. The van der Waals surface area contributed by atoms with Crippen LogP contribution in [0.2, 0.25) is 5.02 Å². The molecule has 1 fully saturated rings. The van der Waals surface area contributed by atoms with Crippen LogP contribution in [0.4, 0.5) is 5.69 Å². The third-order valence-corrected chi connectivity index (χ3v) is 6.19. The maximum atomic E-state index is 13.0. The van der Waals surface area contributed by atoms with Gasteiger partial charge in [-0.3, -0.25) is 19.3 Å². The van der Waals surface area contributed by atoms with Crippen LogP contribution in [0.15, 0.2) is 36.4 Å². The molecule has 0 atom stereocenters. The van der Waals surface area contributed by atoms with E-state index >= 15 is 0 Å². The second-order valence-corrected chi connectivity index (χ2v) is 8.46. The third-order valence-electron chi connectivity index (χ3n) is 5.96. The number of hydrogen-bond acceptors (Lipinski definition) is 6. The standard InChI is InChI=1S/C24H26ClN3O5/c1-16-14-17(25)6-7-20(16)33-15-21(29)27-10-8-26(9-11-27)19-5-3-4-18-22(19)24(31)28(23(18)30)12-13-32-2/h3-7,14H,8-13,15H2,1-2H3. The first-order valence-corrected chi connectivity index (χ1v) is 11.2. The van der Waals surface area contributed by atoms with Gasteiger partial charge < -0.3 is 19.3 Å². The molecule has 3 amide bonds. The first-order valence-electron chi connectivity index (χ1n) is 10.8. The predicted molar refractivity (Wildman–Crippen MR) is 124 cm³/mol. The number of methoxy groups -OCH3 is 1. The zero-order chi connectivity index (χ0) is 23.5. The Balaban J connectivity index is 1.38. The van der Waals surface area contributed by atoms with Crippen LogP contribution in [0.3, 0.4) is 0 Å². The average molecular weight is 472 g/mol. The largest absolute Gasteiger partial charge is 0.483 e. The van der Waals surface area contributed by atoms with Crippen molar-refractivity contribution in [1.82, 2.24) is 9.80 Å². The van der Waals surface area contributed by atoms with E-state index in [-0.39, 0.29) is 30.9 Å². The number of imide groups is 1. The fraction of sp³-hybridized carbons (Fsp3) is 0.375. The lowest BCUT2D eigenvalue weighted by molar-refractivity contribution is -0.133. The highest BCUT2D eigenvalue weighted by atomic mass is 35.5. The summed E-state index contributed by atoms with van der Waals surface area (Å²) in [4.78, 5) is 43.3. The molecule has 0 aromatic heterocycles. The minimum absolute atomic E-state index is 0.0509. The number of amides is 3. The monoisotopic (exact) mass is 471 g/mol. The zero-order valence-electron chi connectivity index (χ0n) is 18.7. The molecule has 0 radical (unpaired) electrons. The van der Waals surface area contributed by atoms with Crippen LogP contribution in [0.1, 0.15) is 26.3 Å². The van der Waals surface area contributed by atoms with Crippen LogP contribution in [0.25, 0.3) is 0 Å². The maximum absolute atomic E-state index is 13.0. The van der Waals surface area contributed by atoms with Crippen molar-refractivity contribution < 1.29 is 23.9 Å². The van der Waals surface area contributed by atoms with Crippen LogP contribution in [0, 0.1) is 6.92 Å². The Bertz CT molecular complexity index is 1080. The number of fused-ring (bicyclic) bond motifs is 1. The van der Waals surface area contributed by atoms with E-state index in [1.807, 2.05) is 13.0 Å². The molecule has 2 aliphatic rings. The molecule has 174 valence electrons. The van der Waals surface area contributed by atoms with Gasteiger partial charge in [0.15, 0.2) is 6.61 Å². The lowest BCUT2D eigenvalue weighted by atomic mass is 10.1. The number of piperazine rings is 1. The molecular formula is C24H26ClN3O5. The molecule has 0 bridgehead atoms. The number of ether oxygens (including phenoxy) is 2. The van der Waals surface area contributed by atoms with Gasteiger partial charge in [0.2, 0.25) is 0 Å². The van der Waals surface area contributed by atoms with Crippen molar-refractivity contribution in [3.8, 4) is 5.75 Å². The number of halogens is 1. The number of aryl methyl sites for hydroxylation is 1. The Hall–Kier alpha value is -3.10. The van der Waals surface area contributed by atoms with Gasteiger partial charge >= 0.3 is 0 Å². The van der Waals surface area contributed by atoms with Crippen molar-refractivity contribution in [2.45, 2.75) is 6.92 Å². The quantitative estimate of drug-likeness (QED) is 0.577. The van der Waals surface area contributed by atoms with Crippen LogP contribution in [-0.4, -0.2) is 80.6 Å². The Labute approximate surface area is 197 Å². The number of hydrogen-bond donors (Lipinski definition) is 0. The van der Waals surface area contributed by atoms with E-state index in [1.54, 1.807) is 35.2 Å². The third kappa shape index (κ3) is 4.67. The summed E-state index contributed by atoms with van der Waals surface area (Å²) in [5, 5.41) is 0.622. The first-order chi connectivity index (χ1) is 15.9. The molecule has 2 aromatic rings. The van der Waals surface area contributed by atoms with Crippen molar-refractivity contribution in [3.63, 3.8) is 0 Å². The molecule has 0 saturated carbocycles. The van der Waals surface area contributed by atoms with E-state index in [1.165, 1.54) is 12.0 Å². The maximum Gasteiger partial charge on any atom is 0.263 e. The number of rotatable bonds is 7. The van der Waals surface area contributed by atoms with Crippen molar-refractivity contribution in [2.75, 3.05) is 57.9 Å². The zero-order valence-corrected chi connectivity index (χ0v) is 19.4. The second kappa shape index (κ2) is 9.80. The minimum Gasteiger partial charge on any atom is -0.483 e. The summed E-state index contributed by atoms with van der Waals surface area (Å²) in [6.45, 7) is 4.46. The van der Waals surface area contributed by atoms with Crippen LogP contribution in [-0.2, 0) is 9.53 Å². The lowest BCUT2D eigenvalue weighted by Crippen LogP contribution is -2.50. The van der Waals surface area contributed by atoms with E-state index in [0.717, 1.165) is 11.3 Å². The van der Waals surface area contributed by atoms with Crippen LogP contribution >= 0.6 is 11.6 Å². The van der Waals surface area contributed by atoms with Gasteiger partial charge in [0.25, 0.3) is 17.7 Å².